The van der Waals surface area contributed by atoms with Crippen molar-refractivity contribution in [3.8, 4) is 33.4 Å². The summed E-state index contributed by atoms with van der Waals surface area (Å²) in [4.78, 5) is 0. The molecule has 0 aliphatic carbocycles. The molecular formula is C49H38P2. The molecule has 0 nitrogen and oxygen atoms in total. The van der Waals surface area contributed by atoms with Crippen molar-refractivity contribution in [1.29, 1.82) is 0 Å². The van der Waals surface area contributed by atoms with Gasteiger partial charge in [0.15, 0.2) is 0 Å². The average Bonchev–Trinajstić information content (AvgIpc) is 3.20. The Bertz CT molecular complexity index is 2090. The van der Waals surface area contributed by atoms with Gasteiger partial charge in [0.25, 0.3) is 0 Å². The Morgan fingerprint density at radius 2 is 0.471 bits per heavy atom. The van der Waals surface area contributed by atoms with E-state index in [4.69, 9.17) is 0 Å². The molecule has 0 N–H and O–H groups in total. The Morgan fingerprint density at radius 3 is 0.745 bits per heavy atom. The first kappa shape index (κ1) is 32.8. The summed E-state index contributed by atoms with van der Waals surface area (Å²) < 4.78 is 0. The van der Waals surface area contributed by atoms with Crippen molar-refractivity contribution in [3.05, 3.63) is 218 Å². The molecule has 0 atom stereocenters. The van der Waals surface area contributed by atoms with Gasteiger partial charge in [0.2, 0.25) is 0 Å². The fourth-order valence-corrected chi connectivity index (χ4v) is 11.2. The monoisotopic (exact) mass is 688 g/mol. The molecule has 244 valence electrons. The minimum Gasteiger partial charge on any atom is -0.0622 e. The van der Waals surface area contributed by atoms with Gasteiger partial charge in [0.1, 0.15) is 0 Å². The summed E-state index contributed by atoms with van der Waals surface area (Å²) in [5, 5.41) is 8.15. The molecule has 0 aliphatic rings. The summed E-state index contributed by atoms with van der Waals surface area (Å²) in [6.45, 7) is 2.15. The van der Waals surface area contributed by atoms with Gasteiger partial charge in [-0.2, -0.15) is 0 Å². The third-order valence-corrected chi connectivity index (χ3v) is 14.2. The third-order valence-electron chi connectivity index (χ3n) is 9.29. The SMILES string of the molecule is Cc1ccc(-c2cc(-c3ccc(P(c4ccccc4)c4ccccc4)cc3)cc(-c3ccc(P(c4ccccc4)c4ccccc4)cc3)c2)cc1. The summed E-state index contributed by atoms with van der Waals surface area (Å²) in [7, 11) is -1.31. The van der Waals surface area contributed by atoms with Crippen LogP contribution in [0.15, 0.2) is 212 Å². The van der Waals surface area contributed by atoms with Crippen LogP contribution in [0.2, 0.25) is 0 Å². The summed E-state index contributed by atoms with van der Waals surface area (Å²) in [6, 6.07) is 78.2. The molecule has 0 spiro atoms. The zero-order valence-corrected chi connectivity index (χ0v) is 30.4. The standard InChI is InChI=1S/C49H38P2/c1-37-22-24-38(25-23-37)41-34-42(39-26-30-48(31-27-39)50(44-14-6-2-7-15-44)45-16-8-3-9-17-45)36-43(35-41)40-28-32-49(33-29-40)51(46-18-10-4-11-19-46)47-20-12-5-13-21-47/h2-36H,1H3. The van der Waals surface area contributed by atoms with Gasteiger partial charge >= 0.3 is 0 Å². The normalized spacial score (nSPS) is 11.2. The smallest absolute Gasteiger partial charge is 0.0134 e. The maximum atomic E-state index is 2.36. The van der Waals surface area contributed by atoms with Crippen molar-refractivity contribution < 1.29 is 0 Å². The fourth-order valence-electron chi connectivity index (χ4n) is 6.68. The van der Waals surface area contributed by atoms with Crippen LogP contribution < -0.4 is 31.8 Å². The number of benzene rings is 8. The fraction of sp³-hybridized carbons (Fsp3) is 0.0204. The van der Waals surface area contributed by atoms with E-state index in [1.807, 2.05) is 0 Å². The Morgan fingerprint density at radius 1 is 0.235 bits per heavy atom. The van der Waals surface area contributed by atoms with Crippen LogP contribution in [0.4, 0.5) is 0 Å². The van der Waals surface area contributed by atoms with Gasteiger partial charge in [-0.05, 0) is 106 Å². The first-order valence-corrected chi connectivity index (χ1v) is 20.1. The topological polar surface area (TPSA) is 0 Å². The maximum absolute atomic E-state index is 2.36. The van der Waals surface area contributed by atoms with Crippen LogP contribution in [-0.4, -0.2) is 0 Å². The molecule has 8 rings (SSSR count). The third kappa shape index (κ3) is 7.41. The zero-order valence-electron chi connectivity index (χ0n) is 28.6. The second kappa shape index (κ2) is 15.2. The molecule has 0 saturated heterocycles. The zero-order chi connectivity index (χ0) is 34.4. The van der Waals surface area contributed by atoms with E-state index >= 15 is 0 Å². The van der Waals surface area contributed by atoms with Gasteiger partial charge in [-0.25, -0.2) is 0 Å². The summed E-state index contributed by atoms with van der Waals surface area (Å²) in [6.07, 6.45) is 0. The van der Waals surface area contributed by atoms with Crippen LogP contribution in [0.3, 0.4) is 0 Å². The Labute approximate surface area is 304 Å². The van der Waals surface area contributed by atoms with Crippen molar-refractivity contribution in [2.24, 2.45) is 0 Å². The van der Waals surface area contributed by atoms with Crippen LogP contribution in [0.5, 0.6) is 0 Å². The summed E-state index contributed by atoms with van der Waals surface area (Å²) in [5.41, 5.74) is 8.60. The molecule has 0 aliphatic heterocycles. The molecule has 0 amide bonds. The van der Waals surface area contributed by atoms with Gasteiger partial charge < -0.3 is 0 Å². The van der Waals surface area contributed by atoms with Crippen molar-refractivity contribution in [2.45, 2.75) is 6.92 Å². The average molecular weight is 689 g/mol. The lowest BCUT2D eigenvalue weighted by Crippen LogP contribution is -2.20. The van der Waals surface area contributed by atoms with Crippen LogP contribution in [-0.2, 0) is 0 Å². The van der Waals surface area contributed by atoms with E-state index in [2.05, 4.69) is 219 Å². The molecule has 0 aromatic heterocycles. The molecule has 0 bridgehead atoms. The van der Waals surface area contributed by atoms with E-state index in [-0.39, 0.29) is 0 Å². The summed E-state index contributed by atoms with van der Waals surface area (Å²) in [5.74, 6) is 0. The predicted octanol–water partition coefficient (Wildman–Crippen LogP) is 10.5. The number of aryl methyl sites for hydroxylation is 1. The molecule has 51 heavy (non-hydrogen) atoms. The first-order valence-electron chi connectivity index (χ1n) is 17.4. The molecule has 0 radical (unpaired) electrons. The maximum Gasteiger partial charge on any atom is -0.0134 e. The predicted molar refractivity (Wildman–Crippen MR) is 225 cm³/mol. The lowest BCUT2D eigenvalue weighted by Gasteiger charge is -2.20. The highest BCUT2D eigenvalue weighted by molar-refractivity contribution is 7.80. The minimum absolute atomic E-state index is 0.656. The lowest BCUT2D eigenvalue weighted by molar-refractivity contribution is 1.47. The van der Waals surface area contributed by atoms with E-state index in [1.165, 1.54) is 70.8 Å². The largest absolute Gasteiger partial charge is 0.0622 e. The van der Waals surface area contributed by atoms with Crippen molar-refractivity contribution in [3.63, 3.8) is 0 Å². The summed E-state index contributed by atoms with van der Waals surface area (Å²) >= 11 is 0. The Balaban J connectivity index is 1.18. The highest BCUT2D eigenvalue weighted by Gasteiger charge is 2.18. The molecule has 0 saturated carbocycles. The van der Waals surface area contributed by atoms with Crippen molar-refractivity contribution in [2.75, 3.05) is 0 Å². The second-order valence-corrected chi connectivity index (χ2v) is 17.2. The van der Waals surface area contributed by atoms with Crippen molar-refractivity contribution >= 4 is 47.7 Å². The quantitative estimate of drug-likeness (QED) is 0.132. The number of hydrogen-bond acceptors (Lipinski definition) is 0. The molecule has 0 fully saturated rings. The van der Waals surface area contributed by atoms with E-state index < -0.39 is 15.8 Å². The number of rotatable bonds is 9. The molecule has 8 aromatic rings. The minimum atomic E-state index is -0.656. The molecule has 8 aromatic carbocycles. The molecular weight excluding hydrogens is 650 g/mol. The first-order chi connectivity index (χ1) is 25.2. The van der Waals surface area contributed by atoms with E-state index in [0.717, 1.165) is 0 Å². The Hall–Kier alpha value is -5.38. The van der Waals surface area contributed by atoms with Gasteiger partial charge in [0, 0.05) is 0 Å². The van der Waals surface area contributed by atoms with Gasteiger partial charge in [-0.3, -0.25) is 0 Å². The van der Waals surface area contributed by atoms with Crippen LogP contribution >= 0.6 is 15.8 Å². The lowest BCUT2D eigenvalue weighted by atomic mass is 9.93. The van der Waals surface area contributed by atoms with Gasteiger partial charge in [-0.1, -0.05) is 200 Å². The van der Waals surface area contributed by atoms with Crippen LogP contribution in [0.1, 0.15) is 5.56 Å². The van der Waals surface area contributed by atoms with E-state index in [1.54, 1.807) is 0 Å². The molecule has 0 heterocycles. The molecule has 0 unspecified atom stereocenters. The second-order valence-electron chi connectivity index (χ2n) is 12.8. The van der Waals surface area contributed by atoms with Gasteiger partial charge in [0.05, 0.1) is 0 Å². The van der Waals surface area contributed by atoms with Crippen LogP contribution in [0, 0.1) is 6.92 Å². The van der Waals surface area contributed by atoms with Crippen molar-refractivity contribution in [1.82, 2.24) is 0 Å². The van der Waals surface area contributed by atoms with Crippen LogP contribution in [0.25, 0.3) is 33.4 Å². The van der Waals surface area contributed by atoms with E-state index in [9.17, 15) is 0 Å². The highest BCUT2D eigenvalue weighted by atomic mass is 31.1. The Kier molecular flexibility index (Phi) is 9.81. The number of hydrogen-bond donors (Lipinski definition) is 0. The van der Waals surface area contributed by atoms with Gasteiger partial charge in [-0.15, -0.1) is 0 Å². The highest BCUT2D eigenvalue weighted by Crippen LogP contribution is 2.37. The van der Waals surface area contributed by atoms with E-state index in [0.29, 0.717) is 0 Å². The molecule has 2 heteroatoms.